The van der Waals surface area contributed by atoms with Gasteiger partial charge in [0.1, 0.15) is 48.4 Å². The van der Waals surface area contributed by atoms with Crippen LogP contribution in [-0.4, -0.2) is 70.6 Å². The smallest absolute Gasteiger partial charge is 0.268 e. The Labute approximate surface area is 236 Å². The summed E-state index contributed by atoms with van der Waals surface area (Å²) >= 11 is 0. The highest BCUT2D eigenvalue weighted by Gasteiger charge is 2.59. The molecule has 2 aliphatic heterocycles. The molecule has 3 atom stereocenters. The van der Waals surface area contributed by atoms with E-state index in [9.17, 15) is 36.3 Å². The third-order valence-corrected chi connectivity index (χ3v) is 8.58. The molecule has 1 saturated carbocycles. The van der Waals surface area contributed by atoms with Crippen molar-refractivity contribution in [2.24, 2.45) is 5.92 Å². The lowest BCUT2D eigenvalue weighted by Gasteiger charge is -2.37. The van der Waals surface area contributed by atoms with Crippen LogP contribution < -0.4 is 10.6 Å². The lowest BCUT2D eigenvalue weighted by atomic mass is 9.77. The van der Waals surface area contributed by atoms with Crippen molar-refractivity contribution >= 4 is 41.0 Å². The second-order valence-corrected chi connectivity index (χ2v) is 11.5. The van der Waals surface area contributed by atoms with Crippen molar-refractivity contribution in [3.05, 3.63) is 65.1 Å². The summed E-state index contributed by atoms with van der Waals surface area (Å²) in [6.07, 6.45) is -1.74. The fraction of sp³-hybridized carbons (Fsp3) is 0.379. The monoisotopic (exact) mass is 588 g/mol. The van der Waals surface area contributed by atoms with Gasteiger partial charge in [0.05, 0.1) is 11.9 Å². The molecule has 1 saturated heterocycles. The van der Waals surface area contributed by atoms with Crippen LogP contribution in [0.4, 0.5) is 27.6 Å². The van der Waals surface area contributed by atoms with E-state index in [4.69, 9.17) is 0 Å². The number of nitrogens with one attached hydrogen (secondary N) is 3. The molecule has 2 aromatic carbocycles. The van der Waals surface area contributed by atoms with Crippen LogP contribution in [0.25, 0.3) is 10.9 Å². The van der Waals surface area contributed by atoms with Crippen LogP contribution in [0, 0.1) is 23.4 Å². The molecule has 8 nitrogen and oxygen atoms in total. The zero-order valence-electron chi connectivity index (χ0n) is 22.4. The number of likely N-dealkylation sites (tertiary alicyclic amines) is 1. The van der Waals surface area contributed by atoms with Gasteiger partial charge in [-0.2, -0.15) is 0 Å². The van der Waals surface area contributed by atoms with Gasteiger partial charge in [0, 0.05) is 30.5 Å². The third kappa shape index (κ3) is 4.51. The molecule has 1 aromatic heterocycles. The van der Waals surface area contributed by atoms with Crippen molar-refractivity contribution in [2.75, 3.05) is 18.9 Å². The van der Waals surface area contributed by atoms with E-state index in [0.717, 1.165) is 18.2 Å². The molecule has 13 heteroatoms. The normalized spacial score (nSPS) is 23.5. The van der Waals surface area contributed by atoms with E-state index in [2.05, 4.69) is 22.3 Å². The second kappa shape index (κ2) is 9.63. The number of amides is 3. The van der Waals surface area contributed by atoms with Crippen LogP contribution >= 0.6 is 0 Å². The average molecular weight is 589 g/mol. The number of rotatable bonds is 6. The summed E-state index contributed by atoms with van der Waals surface area (Å²) < 4.78 is 71.6. The molecule has 3 amide bonds. The van der Waals surface area contributed by atoms with E-state index >= 15 is 0 Å². The molecule has 220 valence electrons. The molecule has 1 spiro atoms. The Morgan fingerprint density at radius 3 is 2.50 bits per heavy atom. The number of carbonyl (C=O) groups is 3. The average Bonchev–Trinajstić information content (AvgIpc) is 3.61. The van der Waals surface area contributed by atoms with Gasteiger partial charge in [0.25, 0.3) is 5.91 Å². The summed E-state index contributed by atoms with van der Waals surface area (Å²) in [6.45, 7) is 3.72. The number of alkyl halides is 2. The molecule has 1 aliphatic carbocycles. The standard InChI is InChI=1S/C29H26F5N5O3/c1-38(2)23-12-28(17-8-15(30)3-6-20(17)37-27(28)42)13-39(23)26(41)22(7-14-10-29(33,34)11-14)36-25(40)21-9-16-18(31)4-5-19(32)24(16)35-21/h3-6,8-9,14,22-23H,1,7,10-13H2,2H3,(H2-,35,36,37,40,42)/p+1/t22-,23-,28-/m0/s1. The van der Waals surface area contributed by atoms with Gasteiger partial charge in [-0.05, 0) is 54.3 Å². The zero-order chi connectivity index (χ0) is 30.1. The van der Waals surface area contributed by atoms with Crippen LogP contribution in [0.2, 0.25) is 0 Å². The Morgan fingerprint density at radius 1 is 1.12 bits per heavy atom. The number of nitrogens with zero attached hydrogens (tertiary/aromatic N) is 2. The minimum atomic E-state index is -2.88. The molecule has 3 aromatic rings. The van der Waals surface area contributed by atoms with E-state index in [1.165, 1.54) is 27.7 Å². The molecule has 0 unspecified atom stereocenters. The van der Waals surface area contributed by atoms with E-state index in [1.807, 2.05) is 0 Å². The first-order valence-corrected chi connectivity index (χ1v) is 13.4. The van der Waals surface area contributed by atoms with Crippen molar-refractivity contribution in [3.8, 4) is 0 Å². The molecule has 42 heavy (non-hydrogen) atoms. The quantitative estimate of drug-likeness (QED) is 0.232. The number of halogens is 5. The SMILES string of the molecule is C=[N+](C)[C@@H]1C[C@@]2(CN1C(=O)[C@H](CC1CC(F)(F)C1)NC(=O)c1cc3c(F)ccc(F)c3[nH]1)C(=O)Nc1ccc(F)cc12. The van der Waals surface area contributed by atoms with Crippen molar-refractivity contribution in [2.45, 2.75) is 49.2 Å². The molecule has 0 radical (unpaired) electrons. The Morgan fingerprint density at radius 2 is 1.83 bits per heavy atom. The number of aromatic nitrogens is 1. The maximum absolute atomic E-state index is 14.2. The third-order valence-electron chi connectivity index (χ3n) is 8.58. The van der Waals surface area contributed by atoms with Crippen LogP contribution in [-0.2, 0) is 15.0 Å². The number of hydrogen-bond acceptors (Lipinski definition) is 3. The number of H-pyrrole nitrogens is 1. The van der Waals surface area contributed by atoms with Crippen LogP contribution in [0.3, 0.4) is 0 Å². The van der Waals surface area contributed by atoms with Gasteiger partial charge >= 0.3 is 0 Å². The van der Waals surface area contributed by atoms with Gasteiger partial charge in [-0.3, -0.25) is 19.3 Å². The number of aromatic amines is 1. The number of carbonyl (C=O) groups excluding carboxylic acids is 3. The van der Waals surface area contributed by atoms with Gasteiger partial charge < -0.3 is 15.6 Å². The minimum absolute atomic E-state index is 0.0732. The molecule has 3 aliphatic rings. The molecular weight excluding hydrogens is 561 g/mol. The van der Waals surface area contributed by atoms with E-state index in [-0.39, 0.29) is 36.0 Å². The van der Waals surface area contributed by atoms with Crippen molar-refractivity contribution < 1.29 is 40.9 Å². The Kier molecular flexibility index (Phi) is 6.39. The molecular formula is C29H27F5N5O3+. The maximum atomic E-state index is 14.2. The summed E-state index contributed by atoms with van der Waals surface area (Å²) in [7, 11) is 1.59. The van der Waals surface area contributed by atoms with Crippen molar-refractivity contribution in [3.63, 3.8) is 0 Å². The topological polar surface area (TPSA) is 97.3 Å². The number of hydrogen-bond donors (Lipinski definition) is 3. The molecule has 2 fully saturated rings. The molecule has 3 N–H and O–H groups in total. The highest BCUT2D eigenvalue weighted by Crippen LogP contribution is 2.48. The van der Waals surface area contributed by atoms with Gasteiger partial charge in [-0.25, -0.2) is 26.5 Å². The number of anilines is 1. The fourth-order valence-electron chi connectivity index (χ4n) is 6.46. The molecule has 6 rings (SSSR count). The van der Waals surface area contributed by atoms with Crippen LogP contribution in [0.1, 0.15) is 41.7 Å². The Balaban J connectivity index is 1.32. The van der Waals surface area contributed by atoms with Gasteiger partial charge in [0.15, 0.2) is 0 Å². The fourth-order valence-corrected chi connectivity index (χ4v) is 6.46. The van der Waals surface area contributed by atoms with Gasteiger partial charge in [-0.15, -0.1) is 0 Å². The van der Waals surface area contributed by atoms with Crippen LogP contribution in [0.15, 0.2) is 36.4 Å². The summed E-state index contributed by atoms with van der Waals surface area (Å²) in [5.74, 6) is -7.51. The number of fused-ring (bicyclic) bond motifs is 3. The highest BCUT2D eigenvalue weighted by atomic mass is 19.3. The number of benzene rings is 2. The lowest BCUT2D eigenvalue weighted by molar-refractivity contribution is -0.549. The zero-order valence-corrected chi connectivity index (χ0v) is 22.4. The van der Waals surface area contributed by atoms with Crippen molar-refractivity contribution in [1.82, 2.24) is 15.2 Å². The van der Waals surface area contributed by atoms with Gasteiger partial charge in [-0.1, -0.05) is 0 Å². The predicted molar refractivity (Wildman–Crippen MR) is 142 cm³/mol. The molecule has 3 heterocycles. The summed E-state index contributed by atoms with van der Waals surface area (Å²) in [5.41, 5.74) is -0.959. The van der Waals surface area contributed by atoms with E-state index < -0.39 is 77.5 Å². The first-order chi connectivity index (χ1) is 19.8. The highest BCUT2D eigenvalue weighted by molar-refractivity contribution is 6.07. The maximum Gasteiger partial charge on any atom is 0.268 e. The molecule has 0 bridgehead atoms. The summed E-state index contributed by atoms with van der Waals surface area (Å²) in [6, 6.07) is 5.51. The summed E-state index contributed by atoms with van der Waals surface area (Å²) in [5, 5.41) is 5.14. The Bertz CT molecular complexity index is 1630. The Hall–Kier alpha value is -4.29. The second-order valence-electron chi connectivity index (χ2n) is 11.5. The first-order valence-electron chi connectivity index (χ1n) is 13.4. The van der Waals surface area contributed by atoms with E-state index in [0.29, 0.717) is 11.3 Å². The minimum Gasteiger partial charge on any atom is -0.348 e. The lowest BCUT2D eigenvalue weighted by Crippen LogP contribution is -2.54. The van der Waals surface area contributed by atoms with Crippen molar-refractivity contribution in [1.29, 1.82) is 0 Å². The van der Waals surface area contributed by atoms with Crippen LogP contribution in [0.5, 0.6) is 0 Å². The summed E-state index contributed by atoms with van der Waals surface area (Å²) in [4.78, 5) is 44.5. The predicted octanol–water partition coefficient (Wildman–Crippen LogP) is 3.91. The first kappa shape index (κ1) is 27.9. The largest absolute Gasteiger partial charge is 0.348 e. The van der Waals surface area contributed by atoms with E-state index in [1.54, 1.807) is 7.05 Å². The van der Waals surface area contributed by atoms with Gasteiger partial charge in [0.2, 0.25) is 23.9 Å².